The van der Waals surface area contributed by atoms with Crippen molar-refractivity contribution >= 4 is 11.4 Å². The molecule has 3 heteroatoms. The number of hydrogen-bond acceptors (Lipinski definition) is 3. The predicted molar refractivity (Wildman–Crippen MR) is 52.7 cm³/mol. The number of para-hydroxylation sites is 1. The SMILES string of the molecule is CC1=NN(c2ccccc2)C(O)C1. The maximum atomic E-state index is 9.62. The number of benzene rings is 1. The largest absolute Gasteiger partial charge is 0.371 e. The van der Waals surface area contributed by atoms with Gasteiger partial charge in [0.15, 0.2) is 6.23 Å². The van der Waals surface area contributed by atoms with E-state index in [0.717, 1.165) is 11.4 Å². The zero-order valence-electron chi connectivity index (χ0n) is 7.51. The molecule has 1 aliphatic rings. The molecular formula is C10H12N2O. The summed E-state index contributed by atoms with van der Waals surface area (Å²) in [5.41, 5.74) is 1.91. The van der Waals surface area contributed by atoms with E-state index in [1.54, 1.807) is 5.01 Å². The van der Waals surface area contributed by atoms with E-state index in [1.807, 2.05) is 37.3 Å². The van der Waals surface area contributed by atoms with Gasteiger partial charge in [-0.05, 0) is 19.1 Å². The fraction of sp³-hybridized carbons (Fsp3) is 0.300. The summed E-state index contributed by atoms with van der Waals surface area (Å²) >= 11 is 0. The lowest BCUT2D eigenvalue weighted by molar-refractivity contribution is 0.186. The van der Waals surface area contributed by atoms with Gasteiger partial charge in [0.2, 0.25) is 0 Å². The smallest absolute Gasteiger partial charge is 0.152 e. The topological polar surface area (TPSA) is 35.8 Å². The lowest BCUT2D eigenvalue weighted by atomic mass is 10.2. The van der Waals surface area contributed by atoms with Gasteiger partial charge in [0, 0.05) is 12.1 Å². The van der Waals surface area contributed by atoms with Gasteiger partial charge in [-0.2, -0.15) is 5.10 Å². The molecule has 0 saturated heterocycles. The molecule has 1 heterocycles. The Morgan fingerprint density at radius 2 is 2.08 bits per heavy atom. The molecule has 1 N–H and O–H groups in total. The molecule has 1 aliphatic heterocycles. The van der Waals surface area contributed by atoms with Gasteiger partial charge in [-0.3, -0.25) is 0 Å². The molecule has 0 fully saturated rings. The summed E-state index contributed by atoms with van der Waals surface area (Å²) in [6, 6.07) is 9.69. The van der Waals surface area contributed by atoms with Crippen LogP contribution in [0.15, 0.2) is 35.4 Å². The molecule has 0 spiro atoms. The van der Waals surface area contributed by atoms with Crippen molar-refractivity contribution in [2.45, 2.75) is 19.6 Å². The summed E-state index contributed by atoms with van der Waals surface area (Å²) < 4.78 is 0. The van der Waals surface area contributed by atoms with Crippen LogP contribution in [-0.4, -0.2) is 17.0 Å². The fourth-order valence-electron chi connectivity index (χ4n) is 1.45. The third-order valence-electron chi connectivity index (χ3n) is 2.06. The third kappa shape index (κ3) is 1.55. The van der Waals surface area contributed by atoms with Crippen LogP contribution < -0.4 is 5.01 Å². The van der Waals surface area contributed by atoms with Crippen LogP contribution >= 0.6 is 0 Å². The zero-order chi connectivity index (χ0) is 9.26. The highest BCUT2D eigenvalue weighted by Crippen LogP contribution is 2.22. The molecule has 0 saturated carbocycles. The number of anilines is 1. The Bertz CT molecular complexity index is 321. The van der Waals surface area contributed by atoms with Crippen LogP contribution in [0, 0.1) is 0 Å². The molecule has 1 atom stereocenters. The monoisotopic (exact) mass is 176 g/mol. The molecular weight excluding hydrogens is 164 g/mol. The Kier molecular flexibility index (Phi) is 2.02. The molecule has 1 unspecified atom stereocenters. The average molecular weight is 176 g/mol. The first-order valence-electron chi connectivity index (χ1n) is 4.34. The van der Waals surface area contributed by atoms with Crippen LogP contribution in [-0.2, 0) is 0 Å². The Morgan fingerprint density at radius 1 is 1.38 bits per heavy atom. The van der Waals surface area contributed by atoms with Crippen molar-refractivity contribution in [1.82, 2.24) is 0 Å². The molecule has 0 radical (unpaired) electrons. The van der Waals surface area contributed by atoms with Crippen molar-refractivity contribution in [2.75, 3.05) is 5.01 Å². The van der Waals surface area contributed by atoms with E-state index in [1.165, 1.54) is 0 Å². The summed E-state index contributed by atoms with van der Waals surface area (Å²) in [6.07, 6.45) is 0.136. The third-order valence-corrected chi connectivity index (χ3v) is 2.06. The molecule has 68 valence electrons. The normalized spacial score (nSPS) is 21.8. The van der Waals surface area contributed by atoms with Crippen molar-refractivity contribution in [1.29, 1.82) is 0 Å². The summed E-state index contributed by atoms with van der Waals surface area (Å²) in [5.74, 6) is 0. The lowest BCUT2D eigenvalue weighted by Crippen LogP contribution is -2.25. The molecule has 0 aromatic heterocycles. The van der Waals surface area contributed by atoms with Crippen LogP contribution in [0.5, 0.6) is 0 Å². The zero-order valence-corrected chi connectivity index (χ0v) is 7.51. The van der Waals surface area contributed by atoms with Gasteiger partial charge in [-0.25, -0.2) is 5.01 Å². The van der Waals surface area contributed by atoms with Crippen LogP contribution in [0.2, 0.25) is 0 Å². The highest BCUT2D eigenvalue weighted by Gasteiger charge is 2.22. The van der Waals surface area contributed by atoms with Crippen molar-refractivity contribution in [3.63, 3.8) is 0 Å². The number of rotatable bonds is 1. The summed E-state index contributed by atoms with van der Waals surface area (Å²) in [5, 5.41) is 15.5. The number of aliphatic hydroxyl groups is 1. The highest BCUT2D eigenvalue weighted by molar-refractivity contribution is 5.86. The minimum Gasteiger partial charge on any atom is -0.371 e. The minimum absolute atomic E-state index is 0.498. The Labute approximate surface area is 77.3 Å². The van der Waals surface area contributed by atoms with Gasteiger partial charge < -0.3 is 5.11 Å². The van der Waals surface area contributed by atoms with Crippen molar-refractivity contribution in [3.05, 3.63) is 30.3 Å². The molecule has 0 bridgehead atoms. The summed E-state index contributed by atoms with van der Waals surface area (Å²) in [4.78, 5) is 0. The maximum Gasteiger partial charge on any atom is 0.152 e. The molecule has 13 heavy (non-hydrogen) atoms. The van der Waals surface area contributed by atoms with E-state index in [9.17, 15) is 5.11 Å². The quantitative estimate of drug-likeness (QED) is 0.705. The summed E-state index contributed by atoms with van der Waals surface area (Å²) in [7, 11) is 0. The second-order valence-corrected chi connectivity index (χ2v) is 3.20. The van der Waals surface area contributed by atoms with Gasteiger partial charge in [0.1, 0.15) is 0 Å². The number of hydrazone groups is 1. The van der Waals surface area contributed by atoms with Crippen LogP contribution in [0.3, 0.4) is 0 Å². The van der Waals surface area contributed by atoms with Gasteiger partial charge in [0.05, 0.1) is 5.69 Å². The minimum atomic E-state index is -0.498. The standard InChI is InChI=1S/C10H12N2O/c1-8-7-10(13)12(11-8)9-5-3-2-4-6-9/h2-6,10,13H,7H2,1H3. The Balaban J connectivity index is 2.27. The van der Waals surface area contributed by atoms with Crippen LogP contribution in [0.4, 0.5) is 5.69 Å². The predicted octanol–water partition coefficient (Wildman–Crippen LogP) is 1.59. The van der Waals surface area contributed by atoms with Gasteiger partial charge >= 0.3 is 0 Å². The lowest BCUT2D eigenvalue weighted by Gasteiger charge is -2.18. The van der Waals surface area contributed by atoms with Gasteiger partial charge in [0.25, 0.3) is 0 Å². The first-order valence-corrected chi connectivity index (χ1v) is 4.34. The first kappa shape index (κ1) is 8.26. The van der Waals surface area contributed by atoms with Crippen LogP contribution in [0.25, 0.3) is 0 Å². The van der Waals surface area contributed by atoms with E-state index < -0.39 is 6.23 Å². The number of aliphatic hydroxyl groups excluding tert-OH is 1. The second kappa shape index (κ2) is 3.18. The molecule has 1 aromatic carbocycles. The summed E-state index contributed by atoms with van der Waals surface area (Å²) in [6.45, 7) is 1.92. The highest BCUT2D eigenvalue weighted by atomic mass is 16.3. The first-order chi connectivity index (χ1) is 6.27. The van der Waals surface area contributed by atoms with Crippen molar-refractivity contribution in [3.8, 4) is 0 Å². The van der Waals surface area contributed by atoms with Crippen molar-refractivity contribution < 1.29 is 5.11 Å². The van der Waals surface area contributed by atoms with E-state index in [-0.39, 0.29) is 0 Å². The molecule has 0 amide bonds. The fourth-order valence-corrected chi connectivity index (χ4v) is 1.45. The van der Waals surface area contributed by atoms with E-state index in [2.05, 4.69) is 5.10 Å². The average Bonchev–Trinajstić information content (AvgIpc) is 2.47. The van der Waals surface area contributed by atoms with E-state index in [0.29, 0.717) is 6.42 Å². The Hall–Kier alpha value is -1.35. The maximum absolute atomic E-state index is 9.62. The van der Waals surface area contributed by atoms with E-state index >= 15 is 0 Å². The van der Waals surface area contributed by atoms with Gasteiger partial charge in [-0.1, -0.05) is 18.2 Å². The van der Waals surface area contributed by atoms with Crippen molar-refractivity contribution in [2.24, 2.45) is 5.10 Å². The van der Waals surface area contributed by atoms with Crippen LogP contribution in [0.1, 0.15) is 13.3 Å². The second-order valence-electron chi connectivity index (χ2n) is 3.20. The van der Waals surface area contributed by atoms with E-state index in [4.69, 9.17) is 0 Å². The molecule has 0 aliphatic carbocycles. The number of nitrogens with zero attached hydrogens (tertiary/aromatic N) is 2. The molecule has 1 aromatic rings. The Morgan fingerprint density at radius 3 is 2.62 bits per heavy atom. The molecule has 2 rings (SSSR count). The number of hydrogen-bond donors (Lipinski definition) is 1. The molecule has 3 nitrogen and oxygen atoms in total. The van der Waals surface area contributed by atoms with Gasteiger partial charge in [-0.15, -0.1) is 0 Å².